The molecule has 0 aliphatic carbocycles. The van der Waals surface area contributed by atoms with Crippen LogP contribution in [0.5, 0.6) is 5.75 Å². The molecule has 1 fully saturated rings. The number of carbonyl (C=O) groups excluding carboxylic acids is 2. The second-order valence-corrected chi connectivity index (χ2v) is 8.01. The number of benzene rings is 2. The van der Waals surface area contributed by atoms with Gasteiger partial charge in [0.1, 0.15) is 12.4 Å². The number of esters is 1. The van der Waals surface area contributed by atoms with E-state index in [-0.39, 0.29) is 12.5 Å². The van der Waals surface area contributed by atoms with Gasteiger partial charge in [-0.3, -0.25) is 9.69 Å². The Balaban J connectivity index is 1.88. The van der Waals surface area contributed by atoms with Gasteiger partial charge in [-0.05, 0) is 60.3 Å². The maximum absolute atomic E-state index is 12.7. The zero-order chi connectivity index (χ0) is 21.7. The zero-order valence-electron chi connectivity index (χ0n) is 16.2. The van der Waals surface area contributed by atoms with Gasteiger partial charge in [0, 0.05) is 17.1 Å². The second kappa shape index (κ2) is 9.65. The van der Waals surface area contributed by atoms with Crippen LogP contribution in [0.2, 0.25) is 0 Å². The molecule has 0 unspecified atom stereocenters. The molecule has 0 atom stereocenters. The van der Waals surface area contributed by atoms with Crippen LogP contribution in [0.25, 0.3) is 6.08 Å². The lowest BCUT2D eigenvalue weighted by Gasteiger charge is -2.08. The van der Waals surface area contributed by atoms with Gasteiger partial charge in [0.25, 0.3) is 5.91 Å². The first-order chi connectivity index (χ1) is 14.4. The minimum Gasteiger partial charge on any atom is -0.480 e. The van der Waals surface area contributed by atoms with E-state index in [2.05, 4.69) is 26.8 Å². The van der Waals surface area contributed by atoms with Gasteiger partial charge < -0.3 is 9.47 Å². The SMILES string of the molecule is C#CCOc1ccc(Br)cc1/C=C1/SC(=Nc2ccc(C(=O)OC)cc2)N(C)C1=O. The van der Waals surface area contributed by atoms with E-state index in [1.54, 1.807) is 43.5 Å². The number of aliphatic imine (C=N–C) groups is 1. The van der Waals surface area contributed by atoms with Gasteiger partial charge in [0.05, 0.1) is 23.3 Å². The Labute approximate surface area is 187 Å². The lowest BCUT2D eigenvalue weighted by Crippen LogP contribution is -2.23. The van der Waals surface area contributed by atoms with E-state index >= 15 is 0 Å². The Kier molecular flexibility index (Phi) is 6.98. The lowest BCUT2D eigenvalue weighted by atomic mass is 10.2. The summed E-state index contributed by atoms with van der Waals surface area (Å²) in [6.07, 6.45) is 7.03. The van der Waals surface area contributed by atoms with Crippen molar-refractivity contribution >= 4 is 56.5 Å². The molecular formula is C22H17BrN2O4S. The van der Waals surface area contributed by atoms with E-state index in [0.29, 0.717) is 27.1 Å². The van der Waals surface area contributed by atoms with Crippen molar-refractivity contribution in [1.82, 2.24) is 4.90 Å². The summed E-state index contributed by atoms with van der Waals surface area (Å²) in [7, 11) is 2.99. The van der Waals surface area contributed by atoms with Crippen molar-refractivity contribution in [1.29, 1.82) is 0 Å². The molecule has 3 rings (SSSR count). The molecule has 1 aliphatic rings. The maximum Gasteiger partial charge on any atom is 0.337 e. The van der Waals surface area contributed by atoms with E-state index in [1.165, 1.54) is 23.8 Å². The monoisotopic (exact) mass is 484 g/mol. The first-order valence-electron chi connectivity index (χ1n) is 8.73. The number of likely N-dealkylation sites (N-methyl/N-ethyl adjacent to an activating group) is 1. The third kappa shape index (κ3) is 4.93. The fraction of sp³-hybridized carbons (Fsp3) is 0.136. The molecule has 0 spiro atoms. The van der Waals surface area contributed by atoms with Gasteiger partial charge in [0.15, 0.2) is 5.17 Å². The number of halogens is 1. The van der Waals surface area contributed by atoms with E-state index < -0.39 is 5.97 Å². The highest BCUT2D eigenvalue weighted by Gasteiger charge is 2.30. The molecule has 8 heteroatoms. The number of terminal acetylenes is 1. The van der Waals surface area contributed by atoms with Crippen LogP contribution in [0.1, 0.15) is 15.9 Å². The molecule has 1 heterocycles. The van der Waals surface area contributed by atoms with Gasteiger partial charge in [-0.25, -0.2) is 9.79 Å². The molecule has 1 aliphatic heterocycles. The van der Waals surface area contributed by atoms with E-state index in [4.69, 9.17) is 15.9 Å². The number of hydrogen-bond acceptors (Lipinski definition) is 6. The van der Waals surface area contributed by atoms with E-state index in [9.17, 15) is 9.59 Å². The molecule has 2 aromatic rings. The molecule has 0 bridgehead atoms. The normalized spacial score (nSPS) is 16.1. The van der Waals surface area contributed by atoms with Gasteiger partial charge in [0.2, 0.25) is 0 Å². The highest BCUT2D eigenvalue weighted by Crippen LogP contribution is 2.35. The first-order valence-corrected chi connectivity index (χ1v) is 10.3. The maximum atomic E-state index is 12.7. The largest absolute Gasteiger partial charge is 0.480 e. The zero-order valence-corrected chi connectivity index (χ0v) is 18.6. The third-order valence-electron chi connectivity index (χ3n) is 4.09. The summed E-state index contributed by atoms with van der Waals surface area (Å²) >= 11 is 4.69. The van der Waals surface area contributed by atoms with Crippen LogP contribution in [0.15, 0.2) is 56.8 Å². The molecule has 0 aromatic heterocycles. The van der Waals surface area contributed by atoms with Crippen LogP contribution in [0.3, 0.4) is 0 Å². The number of methoxy groups -OCH3 is 1. The quantitative estimate of drug-likeness (QED) is 0.355. The first kappa shape index (κ1) is 21.7. The number of nitrogens with zero attached hydrogens (tertiary/aromatic N) is 2. The molecular weight excluding hydrogens is 468 g/mol. The molecule has 0 N–H and O–H groups in total. The number of carbonyl (C=O) groups is 2. The summed E-state index contributed by atoms with van der Waals surface area (Å²) in [6.45, 7) is 0.132. The number of ether oxygens (including phenoxy) is 2. The summed E-state index contributed by atoms with van der Waals surface area (Å²) < 4.78 is 11.1. The Bertz CT molecular complexity index is 1090. The number of rotatable bonds is 5. The average Bonchev–Trinajstić information content (AvgIpc) is 3.01. The van der Waals surface area contributed by atoms with Crippen molar-refractivity contribution in [2.24, 2.45) is 4.99 Å². The Hall–Kier alpha value is -3.02. The van der Waals surface area contributed by atoms with Crippen LogP contribution in [-0.4, -0.2) is 42.7 Å². The lowest BCUT2D eigenvalue weighted by molar-refractivity contribution is -0.121. The highest BCUT2D eigenvalue weighted by atomic mass is 79.9. The third-order valence-corrected chi connectivity index (χ3v) is 5.64. The van der Waals surface area contributed by atoms with Crippen molar-refractivity contribution in [2.75, 3.05) is 20.8 Å². The standard InChI is InChI=1S/C22H17BrN2O4S/c1-4-11-29-18-10-7-16(23)12-15(18)13-19-20(26)25(2)22(30-19)24-17-8-5-14(6-9-17)21(27)28-3/h1,5-10,12-13H,11H2,2-3H3/b19-13+,24-22?. The molecule has 6 nitrogen and oxygen atoms in total. The Morgan fingerprint density at radius 2 is 2.03 bits per heavy atom. The predicted molar refractivity (Wildman–Crippen MR) is 122 cm³/mol. The van der Waals surface area contributed by atoms with Crippen LogP contribution >= 0.6 is 27.7 Å². The average molecular weight is 485 g/mol. The topological polar surface area (TPSA) is 68.2 Å². The molecule has 1 amide bonds. The van der Waals surface area contributed by atoms with Crippen molar-refractivity contribution in [3.05, 3.63) is 63.0 Å². The molecule has 0 radical (unpaired) electrons. The minimum absolute atomic E-state index is 0.132. The number of amides is 1. The summed E-state index contributed by atoms with van der Waals surface area (Å²) in [6, 6.07) is 12.1. The van der Waals surface area contributed by atoms with Crippen LogP contribution in [0, 0.1) is 12.3 Å². The summed E-state index contributed by atoms with van der Waals surface area (Å²) in [5.74, 6) is 2.43. The fourth-order valence-electron chi connectivity index (χ4n) is 2.58. The molecule has 152 valence electrons. The molecule has 0 saturated carbocycles. The summed E-state index contributed by atoms with van der Waals surface area (Å²) in [5.41, 5.74) is 1.78. The van der Waals surface area contributed by atoms with Crippen LogP contribution in [0.4, 0.5) is 5.69 Å². The minimum atomic E-state index is -0.418. The summed E-state index contributed by atoms with van der Waals surface area (Å²) in [4.78, 5) is 30.8. The molecule has 30 heavy (non-hydrogen) atoms. The van der Waals surface area contributed by atoms with Gasteiger partial charge >= 0.3 is 5.97 Å². The van der Waals surface area contributed by atoms with Gasteiger partial charge in [-0.1, -0.05) is 21.9 Å². The van der Waals surface area contributed by atoms with Gasteiger partial charge in [-0.15, -0.1) is 6.42 Å². The number of amidine groups is 1. The fourth-order valence-corrected chi connectivity index (χ4v) is 3.93. The Morgan fingerprint density at radius 3 is 2.70 bits per heavy atom. The van der Waals surface area contributed by atoms with Crippen molar-refractivity contribution in [3.8, 4) is 18.1 Å². The van der Waals surface area contributed by atoms with Crippen molar-refractivity contribution in [2.45, 2.75) is 0 Å². The number of thioether (sulfide) groups is 1. The predicted octanol–water partition coefficient (Wildman–Crippen LogP) is 4.48. The highest BCUT2D eigenvalue weighted by molar-refractivity contribution is 9.10. The van der Waals surface area contributed by atoms with E-state index in [1.807, 2.05) is 12.1 Å². The van der Waals surface area contributed by atoms with Crippen molar-refractivity contribution < 1.29 is 19.1 Å². The summed E-state index contributed by atoms with van der Waals surface area (Å²) in [5, 5.41) is 0.526. The number of hydrogen-bond donors (Lipinski definition) is 0. The van der Waals surface area contributed by atoms with Gasteiger partial charge in [-0.2, -0.15) is 0 Å². The molecule has 1 saturated heterocycles. The Morgan fingerprint density at radius 1 is 1.30 bits per heavy atom. The van der Waals surface area contributed by atoms with Crippen LogP contribution in [-0.2, 0) is 9.53 Å². The van der Waals surface area contributed by atoms with Crippen molar-refractivity contribution in [3.63, 3.8) is 0 Å². The second-order valence-electron chi connectivity index (χ2n) is 6.08. The van der Waals surface area contributed by atoms with Crippen LogP contribution < -0.4 is 4.74 Å². The molecule has 2 aromatic carbocycles. The van der Waals surface area contributed by atoms with E-state index in [0.717, 1.165) is 10.0 Å². The smallest absolute Gasteiger partial charge is 0.337 e.